The van der Waals surface area contributed by atoms with Crippen LogP contribution in [0.1, 0.15) is 22.0 Å². The Morgan fingerprint density at radius 1 is 1.26 bits per heavy atom. The summed E-state index contributed by atoms with van der Waals surface area (Å²) in [5, 5.41) is 2.99. The molecule has 0 unspecified atom stereocenters. The molecular formula is C15H15Cl2NS. The van der Waals surface area contributed by atoms with Crippen LogP contribution in [0.5, 0.6) is 0 Å². The van der Waals surface area contributed by atoms with E-state index in [1.807, 2.05) is 29.5 Å². The summed E-state index contributed by atoms with van der Waals surface area (Å²) in [6.45, 7) is 2.03. The Labute approximate surface area is 127 Å². The van der Waals surface area contributed by atoms with Crippen LogP contribution in [-0.2, 0) is 13.0 Å². The van der Waals surface area contributed by atoms with Crippen LogP contribution in [0.25, 0.3) is 0 Å². The summed E-state index contributed by atoms with van der Waals surface area (Å²) in [7, 11) is 0. The number of benzene rings is 1. The van der Waals surface area contributed by atoms with Gasteiger partial charge in [0.2, 0.25) is 0 Å². The zero-order valence-electron chi connectivity index (χ0n) is 10.5. The van der Waals surface area contributed by atoms with Gasteiger partial charge in [0, 0.05) is 28.9 Å². The Hall–Kier alpha value is -0.540. The average Bonchev–Trinajstić information content (AvgIpc) is 2.89. The van der Waals surface area contributed by atoms with Gasteiger partial charge in [-0.05, 0) is 35.1 Å². The van der Waals surface area contributed by atoms with Gasteiger partial charge in [-0.25, -0.2) is 0 Å². The summed E-state index contributed by atoms with van der Waals surface area (Å²) in [5.41, 5.74) is 2.58. The molecule has 1 nitrogen and oxygen atoms in total. The van der Waals surface area contributed by atoms with Crippen LogP contribution < -0.4 is 0 Å². The van der Waals surface area contributed by atoms with E-state index in [0.29, 0.717) is 5.88 Å². The highest BCUT2D eigenvalue weighted by atomic mass is 35.5. The highest BCUT2D eigenvalue weighted by molar-refractivity contribution is 7.10. The molecule has 1 aliphatic heterocycles. The van der Waals surface area contributed by atoms with E-state index >= 15 is 0 Å². The van der Waals surface area contributed by atoms with Crippen molar-refractivity contribution in [2.75, 3.05) is 12.4 Å². The lowest BCUT2D eigenvalue weighted by Gasteiger charge is -2.34. The van der Waals surface area contributed by atoms with Gasteiger partial charge in [-0.15, -0.1) is 22.9 Å². The van der Waals surface area contributed by atoms with Crippen LogP contribution in [0, 0.1) is 0 Å². The second-order valence-electron chi connectivity index (χ2n) is 4.78. The summed E-state index contributed by atoms with van der Waals surface area (Å²) in [4.78, 5) is 3.95. The summed E-state index contributed by atoms with van der Waals surface area (Å²) in [5.74, 6) is 0.573. The van der Waals surface area contributed by atoms with Gasteiger partial charge in [-0.1, -0.05) is 29.8 Å². The lowest BCUT2D eigenvalue weighted by molar-refractivity contribution is 0.196. The van der Waals surface area contributed by atoms with Gasteiger partial charge >= 0.3 is 0 Å². The van der Waals surface area contributed by atoms with E-state index in [9.17, 15) is 0 Å². The first kappa shape index (κ1) is 13.4. The molecular weight excluding hydrogens is 297 g/mol. The third-order valence-corrected chi connectivity index (χ3v) is 5.35. The molecule has 2 aromatic rings. The Morgan fingerprint density at radius 3 is 2.89 bits per heavy atom. The molecule has 1 aromatic heterocycles. The van der Waals surface area contributed by atoms with Gasteiger partial charge in [0.15, 0.2) is 0 Å². The van der Waals surface area contributed by atoms with Crippen molar-refractivity contribution < 1.29 is 0 Å². The predicted octanol–water partition coefficient (Wildman–Crippen LogP) is 4.74. The Bertz CT molecular complexity index is 567. The number of hydrogen-bond donors (Lipinski definition) is 0. The van der Waals surface area contributed by atoms with Crippen molar-refractivity contribution in [3.05, 3.63) is 56.7 Å². The van der Waals surface area contributed by atoms with Crippen molar-refractivity contribution in [1.82, 2.24) is 4.90 Å². The molecule has 100 valence electrons. The molecule has 0 radical (unpaired) electrons. The normalized spacial score (nSPS) is 17.2. The Kier molecular flexibility index (Phi) is 4.13. The third kappa shape index (κ3) is 2.68. The number of rotatable bonds is 3. The second kappa shape index (κ2) is 5.84. The Balaban J connectivity index is 1.86. The van der Waals surface area contributed by atoms with Gasteiger partial charge in [-0.2, -0.15) is 0 Å². The van der Waals surface area contributed by atoms with Crippen LogP contribution in [0.3, 0.4) is 0 Å². The van der Waals surface area contributed by atoms with Gasteiger partial charge in [0.25, 0.3) is 0 Å². The molecule has 0 spiro atoms. The van der Waals surface area contributed by atoms with Gasteiger partial charge < -0.3 is 0 Å². The van der Waals surface area contributed by atoms with E-state index in [1.165, 1.54) is 10.4 Å². The zero-order valence-corrected chi connectivity index (χ0v) is 12.8. The SMILES string of the molecule is ClC[C@@H](c1ccccc1Cl)N1CCc2sccc2C1. The molecule has 1 aromatic carbocycles. The number of nitrogens with zero attached hydrogens (tertiary/aromatic N) is 1. The highest BCUT2D eigenvalue weighted by Gasteiger charge is 2.25. The number of alkyl halides is 1. The molecule has 1 atom stereocenters. The van der Waals surface area contributed by atoms with E-state index in [0.717, 1.165) is 30.1 Å². The van der Waals surface area contributed by atoms with Crippen LogP contribution >= 0.6 is 34.5 Å². The Morgan fingerprint density at radius 2 is 2.11 bits per heavy atom. The molecule has 2 heterocycles. The molecule has 0 N–H and O–H groups in total. The molecule has 3 rings (SSSR count). The van der Waals surface area contributed by atoms with Crippen LogP contribution in [-0.4, -0.2) is 17.3 Å². The predicted molar refractivity (Wildman–Crippen MR) is 83.3 cm³/mol. The third-order valence-electron chi connectivity index (χ3n) is 3.69. The molecule has 0 aliphatic carbocycles. The summed E-state index contributed by atoms with van der Waals surface area (Å²) in [6, 6.07) is 10.4. The minimum atomic E-state index is 0.198. The second-order valence-corrected chi connectivity index (χ2v) is 6.50. The van der Waals surface area contributed by atoms with Crippen molar-refractivity contribution in [3.8, 4) is 0 Å². The van der Waals surface area contributed by atoms with E-state index in [-0.39, 0.29) is 6.04 Å². The van der Waals surface area contributed by atoms with E-state index in [4.69, 9.17) is 23.2 Å². The molecule has 19 heavy (non-hydrogen) atoms. The van der Waals surface area contributed by atoms with E-state index in [2.05, 4.69) is 22.4 Å². The minimum absolute atomic E-state index is 0.198. The van der Waals surface area contributed by atoms with E-state index < -0.39 is 0 Å². The van der Waals surface area contributed by atoms with Crippen molar-refractivity contribution in [1.29, 1.82) is 0 Å². The highest BCUT2D eigenvalue weighted by Crippen LogP contribution is 2.33. The number of fused-ring (bicyclic) bond motifs is 1. The van der Waals surface area contributed by atoms with Crippen molar-refractivity contribution in [3.63, 3.8) is 0 Å². The van der Waals surface area contributed by atoms with Gasteiger partial charge in [0.1, 0.15) is 0 Å². The number of thiophene rings is 1. The van der Waals surface area contributed by atoms with Crippen LogP contribution in [0.15, 0.2) is 35.7 Å². The summed E-state index contributed by atoms with van der Waals surface area (Å²) in [6.07, 6.45) is 1.12. The maximum absolute atomic E-state index is 6.31. The van der Waals surface area contributed by atoms with Gasteiger partial charge in [-0.3, -0.25) is 4.90 Å². The lowest BCUT2D eigenvalue weighted by Crippen LogP contribution is -2.34. The molecule has 0 bridgehead atoms. The van der Waals surface area contributed by atoms with E-state index in [1.54, 1.807) is 0 Å². The molecule has 1 aliphatic rings. The maximum atomic E-state index is 6.31. The monoisotopic (exact) mass is 311 g/mol. The first-order valence-electron chi connectivity index (χ1n) is 6.39. The molecule has 0 saturated carbocycles. The molecule has 4 heteroatoms. The average molecular weight is 312 g/mol. The quantitative estimate of drug-likeness (QED) is 0.740. The van der Waals surface area contributed by atoms with Crippen molar-refractivity contribution >= 4 is 34.5 Å². The van der Waals surface area contributed by atoms with Crippen molar-refractivity contribution in [2.24, 2.45) is 0 Å². The first-order valence-corrected chi connectivity index (χ1v) is 8.18. The fourth-order valence-corrected chi connectivity index (χ4v) is 4.17. The van der Waals surface area contributed by atoms with Gasteiger partial charge in [0.05, 0.1) is 6.04 Å². The first-order chi connectivity index (χ1) is 9.29. The fraction of sp³-hybridized carbons (Fsp3) is 0.333. The van der Waals surface area contributed by atoms with Crippen molar-refractivity contribution in [2.45, 2.75) is 19.0 Å². The summed E-state index contributed by atoms with van der Waals surface area (Å²) >= 11 is 14.4. The molecule has 0 saturated heterocycles. The standard InChI is InChI=1S/C15H15Cl2NS/c16-9-14(12-3-1-2-4-13(12)17)18-7-5-15-11(10-18)6-8-19-15/h1-4,6,8,14H,5,7,9-10H2/t14-/m0/s1. The smallest absolute Gasteiger partial charge is 0.0501 e. The van der Waals surface area contributed by atoms with Crippen LogP contribution in [0.4, 0.5) is 0 Å². The molecule has 0 fully saturated rings. The lowest BCUT2D eigenvalue weighted by atomic mass is 10.0. The largest absolute Gasteiger partial charge is 0.290 e. The molecule has 0 amide bonds. The fourth-order valence-electron chi connectivity index (χ4n) is 2.66. The number of halogens is 2. The summed E-state index contributed by atoms with van der Waals surface area (Å²) < 4.78 is 0. The maximum Gasteiger partial charge on any atom is 0.0501 e. The number of hydrogen-bond acceptors (Lipinski definition) is 2. The zero-order chi connectivity index (χ0) is 13.2. The minimum Gasteiger partial charge on any atom is -0.290 e. The van der Waals surface area contributed by atoms with Crippen LogP contribution in [0.2, 0.25) is 5.02 Å². The topological polar surface area (TPSA) is 3.24 Å².